The van der Waals surface area contributed by atoms with Crippen molar-refractivity contribution in [1.29, 1.82) is 0 Å². The van der Waals surface area contributed by atoms with Crippen molar-refractivity contribution in [3.63, 3.8) is 0 Å². The summed E-state index contributed by atoms with van der Waals surface area (Å²) in [5.41, 5.74) is 0.447. The normalized spacial score (nSPS) is 11.8. The molecule has 104 valence electrons. The summed E-state index contributed by atoms with van der Waals surface area (Å²) in [5.74, 6) is -0.0909. The molecule has 1 aromatic heterocycles. The molecule has 0 fully saturated rings. The lowest BCUT2D eigenvalue weighted by atomic mass is 10.3. The van der Waals surface area contributed by atoms with E-state index in [1.54, 1.807) is 12.1 Å². The zero-order valence-corrected chi connectivity index (χ0v) is 10.7. The van der Waals surface area contributed by atoms with Gasteiger partial charge in [-0.1, -0.05) is 0 Å². The van der Waals surface area contributed by atoms with Crippen LogP contribution in [-0.2, 0) is 4.79 Å². The molecule has 2 N–H and O–H groups in total. The zero-order valence-electron chi connectivity index (χ0n) is 10.7. The molecule has 1 atom stereocenters. The minimum atomic E-state index is -1.09. The Kier molecular flexibility index (Phi) is 4.27. The molecule has 1 heterocycles. The predicted octanol–water partition coefficient (Wildman–Crippen LogP) is 2.33. The fourth-order valence-corrected chi connectivity index (χ4v) is 1.38. The molecule has 0 bridgehead atoms. The molecule has 0 saturated carbocycles. The summed E-state index contributed by atoms with van der Waals surface area (Å²) in [6.07, 6.45) is 0.309. The summed E-state index contributed by atoms with van der Waals surface area (Å²) >= 11 is 0. The highest BCUT2D eigenvalue weighted by atomic mass is 19.1. The number of benzene rings is 1. The Morgan fingerprint density at radius 2 is 2.00 bits per heavy atom. The SMILES string of the molecule is CC(O)C(=O)Nc1ccc(Oc2ccc(F)cc2)nc1. The number of aromatic nitrogens is 1. The van der Waals surface area contributed by atoms with E-state index in [4.69, 9.17) is 9.84 Å². The number of aliphatic hydroxyl groups excluding tert-OH is 1. The van der Waals surface area contributed by atoms with Crippen LogP contribution in [0.4, 0.5) is 10.1 Å². The molecule has 0 radical (unpaired) electrons. The third kappa shape index (κ3) is 3.76. The number of pyridine rings is 1. The summed E-state index contributed by atoms with van der Waals surface area (Å²) in [7, 11) is 0. The smallest absolute Gasteiger partial charge is 0.252 e. The molecule has 2 aromatic rings. The van der Waals surface area contributed by atoms with Gasteiger partial charge in [0.05, 0.1) is 11.9 Å². The largest absolute Gasteiger partial charge is 0.439 e. The van der Waals surface area contributed by atoms with Crippen LogP contribution in [0.3, 0.4) is 0 Å². The van der Waals surface area contributed by atoms with E-state index in [0.29, 0.717) is 17.3 Å². The first kappa shape index (κ1) is 14.0. The first-order valence-electron chi connectivity index (χ1n) is 5.93. The number of ether oxygens (including phenoxy) is 1. The van der Waals surface area contributed by atoms with E-state index in [9.17, 15) is 9.18 Å². The monoisotopic (exact) mass is 276 g/mol. The van der Waals surface area contributed by atoms with Crippen molar-refractivity contribution < 1.29 is 19.0 Å². The lowest BCUT2D eigenvalue weighted by Crippen LogP contribution is -2.24. The van der Waals surface area contributed by atoms with E-state index in [1.807, 2.05) is 0 Å². The molecule has 0 saturated heterocycles. The molecule has 0 spiro atoms. The molecular formula is C14H13FN2O3. The minimum absolute atomic E-state index is 0.312. The maximum Gasteiger partial charge on any atom is 0.252 e. The number of carbonyl (C=O) groups excluding carboxylic acids is 1. The number of carbonyl (C=O) groups is 1. The molecule has 1 unspecified atom stereocenters. The highest BCUT2D eigenvalue weighted by molar-refractivity contribution is 5.93. The van der Waals surface area contributed by atoms with Crippen molar-refractivity contribution in [2.24, 2.45) is 0 Å². The van der Waals surface area contributed by atoms with Gasteiger partial charge < -0.3 is 15.2 Å². The maximum absolute atomic E-state index is 12.7. The van der Waals surface area contributed by atoms with Crippen LogP contribution in [0.25, 0.3) is 0 Å². The quantitative estimate of drug-likeness (QED) is 0.899. The Morgan fingerprint density at radius 1 is 1.30 bits per heavy atom. The Hall–Kier alpha value is -2.47. The van der Waals surface area contributed by atoms with Crippen LogP contribution in [0.5, 0.6) is 11.6 Å². The number of amides is 1. The second kappa shape index (κ2) is 6.12. The Labute approximate surface area is 115 Å². The summed E-state index contributed by atoms with van der Waals surface area (Å²) in [5, 5.41) is 11.5. The fraction of sp³-hybridized carbons (Fsp3) is 0.143. The van der Waals surface area contributed by atoms with Gasteiger partial charge in [-0.05, 0) is 37.3 Å². The van der Waals surface area contributed by atoms with Crippen LogP contribution < -0.4 is 10.1 Å². The van der Waals surface area contributed by atoms with E-state index in [2.05, 4.69) is 10.3 Å². The molecule has 0 aliphatic carbocycles. The van der Waals surface area contributed by atoms with E-state index < -0.39 is 12.0 Å². The molecule has 6 heteroatoms. The Balaban J connectivity index is 2.01. The number of rotatable bonds is 4. The van der Waals surface area contributed by atoms with E-state index in [0.717, 1.165) is 0 Å². The maximum atomic E-state index is 12.7. The minimum Gasteiger partial charge on any atom is -0.439 e. The van der Waals surface area contributed by atoms with Gasteiger partial charge in [-0.2, -0.15) is 0 Å². The average molecular weight is 276 g/mol. The first-order valence-corrected chi connectivity index (χ1v) is 5.93. The Morgan fingerprint density at radius 3 is 2.55 bits per heavy atom. The number of anilines is 1. The van der Waals surface area contributed by atoms with E-state index in [-0.39, 0.29) is 5.82 Å². The van der Waals surface area contributed by atoms with Crippen molar-refractivity contribution in [3.05, 3.63) is 48.4 Å². The van der Waals surface area contributed by atoms with Gasteiger partial charge in [0.2, 0.25) is 5.88 Å². The predicted molar refractivity (Wildman–Crippen MR) is 71.0 cm³/mol. The zero-order chi connectivity index (χ0) is 14.5. The number of hydrogen-bond donors (Lipinski definition) is 2. The van der Waals surface area contributed by atoms with Gasteiger partial charge in [0.1, 0.15) is 17.7 Å². The summed E-state index contributed by atoms with van der Waals surface area (Å²) in [6, 6.07) is 8.69. The second-order valence-electron chi connectivity index (χ2n) is 4.11. The van der Waals surface area contributed by atoms with Crippen LogP contribution >= 0.6 is 0 Å². The van der Waals surface area contributed by atoms with Crippen LogP contribution in [0.15, 0.2) is 42.6 Å². The number of nitrogens with zero attached hydrogens (tertiary/aromatic N) is 1. The molecular weight excluding hydrogens is 263 g/mol. The summed E-state index contributed by atoms with van der Waals surface area (Å²) in [4.78, 5) is 15.3. The molecule has 0 aliphatic heterocycles. The van der Waals surface area contributed by atoms with Crippen LogP contribution in [-0.4, -0.2) is 22.1 Å². The number of nitrogens with one attached hydrogen (secondary N) is 1. The van der Waals surface area contributed by atoms with Crippen molar-refractivity contribution in [2.75, 3.05) is 5.32 Å². The Bertz CT molecular complexity index is 582. The third-order valence-corrected chi connectivity index (χ3v) is 2.42. The number of hydrogen-bond acceptors (Lipinski definition) is 4. The van der Waals surface area contributed by atoms with Gasteiger partial charge in [-0.25, -0.2) is 9.37 Å². The molecule has 1 amide bonds. The summed E-state index contributed by atoms with van der Waals surface area (Å²) in [6.45, 7) is 1.37. The highest BCUT2D eigenvalue weighted by Crippen LogP contribution is 2.20. The van der Waals surface area contributed by atoms with Gasteiger partial charge in [0.15, 0.2) is 0 Å². The van der Waals surface area contributed by atoms with Gasteiger partial charge in [0, 0.05) is 6.07 Å². The van der Waals surface area contributed by atoms with Crippen molar-refractivity contribution in [1.82, 2.24) is 4.98 Å². The number of halogens is 1. The van der Waals surface area contributed by atoms with Crippen LogP contribution in [0, 0.1) is 5.82 Å². The molecule has 0 aliphatic rings. The van der Waals surface area contributed by atoms with Crippen LogP contribution in [0.1, 0.15) is 6.92 Å². The summed E-state index contributed by atoms with van der Waals surface area (Å²) < 4.78 is 18.1. The average Bonchev–Trinajstić information content (AvgIpc) is 2.43. The van der Waals surface area contributed by atoms with E-state index in [1.165, 1.54) is 37.4 Å². The van der Waals surface area contributed by atoms with E-state index >= 15 is 0 Å². The van der Waals surface area contributed by atoms with Gasteiger partial charge >= 0.3 is 0 Å². The van der Waals surface area contributed by atoms with Gasteiger partial charge in [-0.15, -0.1) is 0 Å². The van der Waals surface area contributed by atoms with Crippen molar-refractivity contribution in [3.8, 4) is 11.6 Å². The topological polar surface area (TPSA) is 71.5 Å². The van der Waals surface area contributed by atoms with Crippen molar-refractivity contribution >= 4 is 11.6 Å². The fourth-order valence-electron chi connectivity index (χ4n) is 1.38. The second-order valence-corrected chi connectivity index (χ2v) is 4.11. The standard InChI is InChI=1S/C14H13FN2O3/c1-9(18)14(19)17-11-4-7-13(16-8-11)20-12-5-2-10(15)3-6-12/h2-9,18H,1H3,(H,17,19). The number of aliphatic hydroxyl groups is 1. The molecule has 20 heavy (non-hydrogen) atoms. The highest BCUT2D eigenvalue weighted by Gasteiger charge is 2.09. The van der Waals surface area contributed by atoms with Crippen molar-refractivity contribution in [2.45, 2.75) is 13.0 Å². The molecule has 5 nitrogen and oxygen atoms in total. The lowest BCUT2D eigenvalue weighted by molar-refractivity contribution is -0.123. The van der Waals surface area contributed by atoms with Gasteiger partial charge in [0.25, 0.3) is 5.91 Å². The first-order chi connectivity index (χ1) is 9.54. The van der Waals surface area contributed by atoms with Gasteiger partial charge in [-0.3, -0.25) is 4.79 Å². The lowest BCUT2D eigenvalue weighted by Gasteiger charge is -2.08. The molecule has 1 aromatic carbocycles. The van der Waals surface area contributed by atoms with Crippen LogP contribution in [0.2, 0.25) is 0 Å². The molecule has 2 rings (SSSR count). The third-order valence-electron chi connectivity index (χ3n) is 2.42.